The average Bonchev–Trinajstić information content (AvgIpc) is 2.40. The lowest BCUT2D eigenvalue weighted by atomic mass is 10.0. The van der Waals surface area contributed by atoms with Crippen molar-refractivity contribution in [3.05, 3.63) is 29.3 Å². The predicted molar refractivity (Wildman–Crippen MR) is 76.8 cm³/mol. The molecule has 0 heterocycles. The smallest absolute Gasteiger partial charge is 0.335 e. The number of benzene rings is 1. The van der Waals surface area contributed by atoms with E-state index < -0.39 is 5.97 Å². The topological polar surface area (TPSA) is 75.6 Å². The van der Waals surface area contributed by atoms with Crippen LogP contribution in [-0.4, -0.2) is 24.1 Å². The number of aromatic carboxylic acids is 1. The normalized spacial score (nSPS) is 10.6. The Morgan fingerprint density at radius 2 is 1.90 bits per heavy atom. The molecule has 110 valence electrons. The van der Waals surface area contributed by atoms with E-state index in [2.05, 4.69) is 5.32 Å². The zero-order valence-corrected chi connectivity index (χ0v) is 12.1. The molecule has 1 rings (SSSR count). The first-order valence-corrected chi connectivity index (χ1v) is 6.68. The molecule has 0 spiro atoms. The molecule has 0 bridgehead atoms. The average molecular weight is 279 g/mol. The Hall–Kier alpha value is -1.88. The fraction of sp³-hybridized carbons (Fsp3) is 0.467. The summed E-state index contributed by atoms with van der Waals surface area (Å²) in [5, 5.41) is 11.9. The summed E-state index contributed by atoms with van der Waals surface area (Å²) in [6.07, 6.45) is 1.51. The van der Waals surface area contributed by atoms with Gasteiger partial charge >= 0.3 is 5.97 Å². The number of anilines is 1. The Morgan fingerprint density at radius 1 is 1.25 bits per heavy atom. The molecule has 0 aliphatic heterocycles. The molecule has 5 heteroatoms. The van der Waals surface area contributed by atoms with Gasteiger partial charge in [0.25, 0.3) is 0 Å². The minimum absolute atomic E-state index is 0.0608. The molecule has 1 aromatic carbocycles. The van der Waals surface area contributed by atoms with Crippen LogP contribution in [0.25, 0.3) is 0 Å². The van der Waals surface area contributed by atoms with E-state index in [0.717, 1.165) is 12.8 Å². The number of carboxylic acids is 1. The van der Waals surface area contributed by atoms with Crippen LogP contribution in [0.15, 0.2) is 18.2 Å². The summed E-state index contributed by atoms with van der Waals surface area (Å²) in [6, 6.07) is 4.73. The number of carbonyl (C=O) groups excluding carboxylic acids is 1. The second-order valence-corrected chi connectivity index (χ2v) is 4.66. The molecule has 1 amide bonds. The van der Waals surface area contributed by atoms with E-state index >= 15 is 0 Å². The number of carbonyl (C=O) groups is 2. The van der Waals surface area contributed by atoms with Crippen LogP contribution in [0.2, 0.25) is 0 Å². The molecular weight excluding hydrogens is 258 g/mol. The van der Waals surface area contributed by atoms with Crippen LogP contribution < -0.4 is 5.32 Å². The molecule has 0 aromatic heterocycles. The molecule has 0 radical (unpaired) electrons. The molecule has 0 unspecified atom stereocenters. The summed E-state index contributed by atoms with van der Waals surface area (Å²) in [6.45, 7) is 4.21. The molecule has 0 aliphatic carbocycles. The van der Waals surface area contributed by atoms with E-state index in [1.165, 1.54) is 13.2 Å². The third-order valence-corrected chi connectivity index (χ3v) is 3.17. The van der Waals surface area contributed by atoms with Crippen LogP contribution in [0.4, 0.5) is 5.69 Å². The number of nitrogens with one attached hydrogen (secondary N) is 1. The Bertz CT molecular complexity index is 481. The minimum Gasteiger partial charge on any atom is -0.478 e. The Balaban J connectivity index is 2.98. The maximum absolute atomic E-state index is 12.0. The molecular formula is C15H21NO4. The quantitative estimate of drug-likeness (QED) is 0.804. The van der Waals surface area contributed by atoms with Gasteiger partial charge in [0.1, 0.15) is 0 Å². The predicted octanol–water partition coefficient (Wildman–Crippen LogP) is 2.91. The van der Waals surface area contributed by atoms with Crippen molar-refractivity contribution in [1.82, 2.24) is 0 Å². The molecule has 5 nitrogen and oxygen atoms in total. The molecule has 20 heavy (non-hydrogen) atoms. The molecule has 2 N–H and O–H groups in total. The van der Waals surface area contributed by atoms with Gasteiger partial charge in [-0.15, -0.1) is 0 Å². The van der Waals surface area contributed by atoms with Gasteiger partial charge in [0.05, 0.1) is 12.2 Å². The van der Waals surface area contributed by atoms with Crippen molar-refractivity contribution in [1.29, 1.82) is 0 Å². The van der Waals surface area contributed by atoms with E-state index in [1.807, 2.05) is 13.8 Å². The van der Waals surface area contributed by atoms with Crippen LogP contribution >= 0.6 is 0 Å². The van der Waals surface area contributed by atoms with Gasteiger partial charge in [0, 0.05) is 18.7 Å². The summed E-state index contributed by atoms with van der Waals surface area (Å²) in [4.78, 5) is 23.1. The largest absolute Gasteiger partial charge is 0.478 e. The highest BCUT2D eigenvalue weighted by molar-refractivity contribution is 5.95. The third kappa shape index (κ3) is 4.35. The van der Waals surface area contributed by atoms with E-state index in [0.29, 0.717) is 17.9 Å². The highest BCUT2D eigenvalue weighted by atomic mass is 16.5. The van der Waals surface area contributed by atoms with Crippen LogP contribution in [0.5, 0.6) is 0 Å². The van der Waals surface area contributed by atoms with Crippen LogP contribution in [-0.2, 0) is 16.1 Å². The molecule has 0 atom stereocenters. The van der Waals surface area contributed by atoms with Crippen molar-refractivity contribution >= 4 is 17.6 Å². The Labute approximate surface area is 118 Å². The minimum atomic E-state index is -1.03. The van der Waals surface area contributed by atoms with Crippen molar-refractivity contribution in [2.45, 2.75) is 33.3 Å². The van der Waals surface area contributed by atoms with Crippen LogP contribution in [0.1, 0.15) is 42.6 Å². The third-order valence-electron chi connectivity index (χ3n) is 3.17. The zero-order valence-electron chi connectivity index (χ0n) is 12.1. The number of methoxy groups -OCH3 is 1. The summed E-state index contributed by atoms with van der Waals surface area (Å²) >= 11 is 0. The van der Waals surface area contributed by atoms with Gasteiger partial charge in [-0.05, 0) is 36.6 Å². The van der Waals surface area contributed by atoms with E-state index in [9.17, 15) is 9.59 Å². The van der Waals surface area contributed by atoms with Gasteiger partial charge in [0.2, 0.25) is 5.91 Å². The van der Waals surface area contributed by atoms with Crippen LogP contribution in [0, 0.1) is 5.92 Å². The van der Waals surface area contributed by atoms with Gasteiger partial charge in [-0.25, -0.2) is 4.79 Å². The van der Waals surface area contributed by atoms with Gasteiger partial charge in [-0.3, -0.25) is 4.79 Å². The summed E-state index contributed by atoms with van der Waals surface area (Å²) < 4.78 is 5.01. The van der Waals surface area contributed by atoms with E-state index in [4.69, 9.17) is 9.84 Å². The first-order chi connectivity index (χ1) is 9.51. The molecule has 0 saturated carbocycles. The lowest BCUT2D eigenvalue weighted by Crippen LogP contribution is -2.22. The van der Waals surface area contributed by atoms with E-state index in [-0.39, 0.29) is 17.4 Å². The van der Waals surface area contributed by atoms with Gasteiger partial charge in [-0.2, -0.15) is 0 Å². The highest BCUT2D eigenvalue weighted by Crippen LogP contribution is 2.18. The number of amides is 1. The van der Waals surface area contributed by atoms with Crippen molar-refractivity contribution < 1.29 is 19.4 Å². The highest BCUT2D eigenvalue weighted by Gasteiger charge is 2.15. The SMILES string of the molecule is CCC(CC)C(=O)Nc1cc(COC)cc(C(=O)O)c1. The summed E-state index contributed by atoms with van der Waals surface area (Å²) in [5.41, 5.74) is 1.35. The molecule has 0 aliphatic rings. The zero-order chi connectivity index (χ0) is 15.1. The monoisotopic (exact) mass is 279 g/mol. The fourth-order valence-electron chi connectivity index (χ4n) is 2.04. The molecule has 0 saturated heterocycles. The number of hydrogen-bond acceptors (Lipinski definition) is 3. The maximum Gasteiger partial charge on any atom is 0.335 e. The lowest BCUT2D eigenvalue weighted by Gasteiger charge is -2.14. The van der Waals surface area contributed by atoms with Crippen molar-refractivity contribution in [2.75, 3.05) is 12.4 Å². The maximum atomic E-state index is 12.0. The first-order valence-electron chi connectivity index (χ1n) is 6.68. The van der Waals surface area contributed by atoms with Gasteiger partial charge < -0.3 is 15.2 Å². The summed E-state index contributed by atoms with van der Waals surface area (Å²) in [5.74, 6) is -1.17. The van der Waals surface area contributed by atoms with Gasteiger partial charge in [0.15, 0.2) is 0 Å². The number of carboxylic acid groups (broad SMARTS) is 1. The van der Waals surface area contributed by atoms with E-state index in [1.54, 1.807) is 12.1 Å². The number of hydrogen-bond donors (Lipinski definition) is 2. The first kappa shape index (κ1) is 16.2. The fourth-order valence-corrected chi connectivity index (χ4v) is 2.04. The Morgan fingerprint density at radius 3 is 2.40 bits per heavy atom. The molecule has 1 aromatic rings. The van der Waals surface area contributed by atoms with Crippen molar-refractivity contribution in [2.24, 2.45) is 5.92 Å². The van der Waals surface area contributed by atoms with Crippen molar-refractivity contribution in [3.63, 3.8) is 0 Å². The van der Waals surface area contributed by atoms with Crippen LogP contribution in [0.3, 0.4) is 0 Å². The number of rotatable bonds is 7. The van der Waals surface area contributed by atoms with Gasteiger partial charge in [-0.1, -0.05) is 13.8 Å². The molecule has 0 fully saturated rings. The second-order valence-electron chi connectivity index (χ2n) is 4.66. The second kappa shape index (κ2) is 7.65. The van der Waals surface area contributed by atoms with Crippen molar-refractivity contribution in [3.8, 4) is 0 Å². The number of ether oxygens (including phenoxy) is 1. The lowest BCUT2D eigenvalue weighted by molar-refractivity contribution is -0.120. The standard InChI is InChI=1S/C15H21NO4/c1-4-11(5-2)14(17)16-13-7-10(9-20-3)6-12(8-13)15(18)19/h6-8,11H,4-5,9H2,1-3H3,(H,16,17)(H,18,19). The summed E-state index contributed by atoms with van der Waals surface area (Å²) in [7, 11) is 1.54. The Kier molecular flexibility index (Phi) is 6.18.